The molecule has 7 heteroatoms. The molecule has 1 aromatic carbocycles. The highest BCUT2D eigenvalue weighted by Crippen LogP contribution is 2.30. The first-order valence-corrected chi connectivity index (χ1v) is 8.76. The van der Waals surface area contributed by atoms with Gasteiger partial charge in [0.15, 0.2) is 5.43 Å². The molecular formula is C19H21F3N2O2. The van der Waals surface area contributed by atoms with Crippen LogP contribution in [0.2, 0.25) is 0 Å². The maximum Gasteiger partial charge on any atom is 0.431 e. The van der Waals surface area contributed by atoms with Crippen LogP contribution >= 0.6 is 0 Å². The number of carbonyl (C=O) groups excluding carboxylic acids is 1. The molecule has 26 heavy (non-hydrogen) atoms. The number of aromatic nitrogens is 1. The molecule has 0 radical (unpaired) electrons. The molecule has 1 aliphatic carbocycles. The molecule has 1 heterocycles. The van der Waals surface area contributed by atoms with Crippen molar-refractivity contribution in [2.75, 3.05) is 6.54 Å². The molecule has 3 rings (SSSR count). The predicted molar refractivity (Wildman–Crippen MR) is 92.9 cm³/mol. The number of nitrogens with one attached hydrogen (secondary N) is 1. The van der Waals surface area contributed by atoms with Gasteiger partial charge in [-0.15, -0.1) is 0 Å². The molecule has 0 atom stereocenters. The number of halogens is 3. The maximum absolute atomic E-state index is 13.4. The fourth-order valence-corrected chi connectivity index (χ4v) is 3.59. The number of nitrogens with zero attached hydrogens (tertiary/aromatic N) is 1. The Bertz CT molecular complexity index is 881. The lowest BCUT2D eigenvalue weighted by Crippen LogP contribution is -2.33. The second kappa shape index (κ2) is 7.13. The van der Waals surface area contributed by atoms with E-state index in [0.717, 1.165) is 35.8 Å². The van der Waals surface area contributed by atoms with Crippen LogP contribution in [0.3, 0.4) is 0 Å². The quantitative estimate of drug-likeness (QED) is 0.898. The summed E-state index contributed by atoms with van der Waals surface area (Å²) >= 11 is 0. The van der Waals surface area contributed by atoms with Gasteiger partial charge in [-0.2, -0.15) is 13.2 Å². The van der Waals surface area contributed by atoms with E-state index in [4.69, 9.17) is 0 Å². The number of fused-ring (bicyclic) bond motifs is 1. The van der Waals surface area contributed by atoms with Crippen molar-refractivity contribution in [1.82, 2.24) is 9.88 Å². The highest BCUT2D eigenvalue weighted by atomic mass is 19.4. The molecule has 140 valence electrons. The van der Waals surface area contributed by atoms with E-state index < -0.39 is 17.3 Å². The van der Waals surface area contributed by atoms with Gasteiger partial charge in [-0.3, -0.25) is 9.59 Å². The molecule has 1 fully saturated rings. The SMILES string of the molecule is Cc1ccc2c(c1)c(=O)cc(C(F)(F)F)n2CCNC(=O)C1CCCC1. The van der Waals surface area contributed by atoms with Gasteiger partial charge >= 0.3 is 6.18 Å². The largest absolute Gasteiger partial charge is 0.431 e. The van der Waals surface area contributed by atoms with Gasteiger partial charge in [0.2, 0.25) is 5.91 Å². The average molecular weight is 366 g/mol. The first kappa shape index (κ1) is 18.5. The van der Waals surface area contributed by atoms with Gasteiger partial charge in [0, 0.05) is 30.5 Å². The van der Waals surface area contributed by atoms with E-state index >= 15 is 0 Å². The number of aryl methyl sites for hydroxylation is 1. The fourth-order valence-electron chi connectivity index (χ4n) is 3.59. The molecule has 0 aliphatic heterocycles. The molecular weight excluding hydrogens is 345 g/mol. The molecule has 1 aliphatic rings. The van der Waals surface area contributed by atoms with E-state index in [1.54, 1.807) is 19.1 Å². The summed E-state index contributed by atoms with van der Waals surface area (Å²) in [7, 11) is 0. The Morgan fingerprint density at radius 1 is 1.23 bits per heavy atom. The minimum Gasteiger partial charge on any atom is -0.354 e. The lowest BCUT2D eigenvalue weighted by atomic mass is 10.1. The first-order chi connectivity index (χ1) is 12.3. The molecule has 4 nitrogen and oxygen atoms in total. The van der Waals surface area contributed by atoms with Crippen LogP contribution in [0.25, 0.3) is 10.9 Å². The molecule has 0 unspecified atom stereocenters. The van der Waals surface area contributed by atoms with Crippen molar-refractivity contribution in [3.63, 3.8) is 0 Å². The zero-order valence-electron chi connectivity index (χ0n) is 14.5. The van der Waals surface area contributed by atoms with Crippen LogP contribution in [0.1, 0.15) is 36.9 Å². The number of benzene rings is 1. The zero-order chi connectivity index (χ0) is 18.9. The monoisotopic (exact) mass is 366 g/mol. The Balaban J connectivity index is 1.91. The van der Waals surface area contributed by atoms with Gasteiger partial charge in [-0.05, 0) is 31.9 Å². The first-order valence-electron chi connectivity index (χ1n) is 8.76. The highest BCUT2D eigenvalue weighted by Gasteiger charge is 2.35. The van der Waals surface area contributed by atoms with Crippen molar-refractivity contribution in [2.24, 2.45) is 5.92 Å². The summed E-state index contributed by atoms with van der Waals surface area (Å²) in [5.74, 6) is -0.136. The normalized spacial score (nSPS) is 15.5. The smallest absolute Gasteiger partial charge is 0.354 e. The van der Waals surface area contributed by atoms with Crippen LogP contribution in [-0.2, 0) is 17.5 Å². The third-order valence-electron chi connectivity index (χ3n) is 4.92. The van der Waals surface area contributed by atoms with Crippen LogP contribution in [0.15, 0.2) is 29.1 Å². The Morgan fingerprint density at radius 3 is 2.58 bits per heavy atom. The fraction of sp³-hybridized carbons (Fsp3) is 0.474. The number of hydrogen-bond donors (Lipinski definition) is 1. The topological polar surface area (TPSA) is 51.1 Å². The van der Waals surface area contributed by atoms with Crippen LogP contribution in [0.4, 0.5) is 13.2 Å². The Kier molecular flexibility index (Phi) is 5.07. The summed E-state index contributed by atoms with van der Waals surface area (Å²) in [6.45, 7) is 1.82. The third-order valence-corrected chi connectivity index (χ3v) is 4.92. The van der Waals surface area contributed by atoms with E-state index in [1.165, 1.54) is 6.07 Å². The Labute approximate surface area is 149 Å². The van der Waals surface area contributed by atoms with Gasteiger partial charge in [0.1, 0.15) is 5.69 Å². The maximum atomic E-state index is 13.4. The van der Waals surface area contributed by atoms with E-state index in [2.05, 4.69) is 5.32 Å². The van der Waals surface area contributed by atoms with Crippen molar-refractivity contribution in [3.05, 3.63) is 45.7 Å². The lowest BCUT2D eigenvalue weighted by molar-refractivity contribution is -0.143. The summed E-state index contributed by atoms with van der Waals surface area (Å²) in [5.41, 5.74) is -0.614. The van der Waals surface area contributed by atoms with Gasteiger partial charge in [-0.25, -0.2) is 0 Å². The van der Waals surface area contributed by atoms with E-state index in [-0.39, 0.29) is 35.8 Å². The number of alkyl halides is 3. The van der Waals surface area contributed by atoms with Crippen molar-refractivity contribution in [2.45, 2.75) is 45.3 Å². The number of amides is 1. The standard InChI is InChI=1S/C19H21F3N2O2/c1-12-6-7-15-14(10-12)16(25)11-17(19(20,21)22)24(15)9-8-23-18(26)13-4-2-3-5-13/h6-7,10-11,13H,2-5,8-9H2,1H3,(H,23,26). The third kappa shape index (κ3) is 3.76. The predicted octanol–water partition coefficient (Wildman–Crippen LogP) is 3.64. The molecule has 0 bridgehead atoms. The number of carbonyl (C=O) groups is 1. The van der Waals surface area contributed by atoms with Crippen molar-refractivity contribution in [1.29, 1.82) is 0 Å². The average Bonchev–Trinajstić information content (AvgIpc) is 3.10. The van der Waals surface area contributed by atoms with E-state index in [1.807, 2.05) is 0 Å². The molecule has 0 spiro atoms. The molecule has 0 saturated heterocycles. The Hall–Kier alpha value is -2.31. The van der Waals surface area contributed by atoms with Crippen LogP contribution in [0, 0.1) is 12.8 Å². The van der Waals surface area contributed by atoms with Gasteiger partial charge in [0.05, 0.1) is 5.52 Å². The van der Waals surface area contributed by atoms with E-state index in [0.29, 0.717) is 6.07 Å². The summed E-state index contributed by atoms with van der Waals surface area (Å²) in [5, 5.41) is 2.99. The van der Waals surface area contributed by atoms with Crippen molar-refractivity contribution < 1.29 is 18.0 Å². The minimum atomic E-state index is -4.65. The van der Waals surface area contributed by atoms with Gasteiger partial charge in [-0.1, -0.05) is 24.5 Å². The summed E-state index contributed by atoms with van der Waals surface area (Å²) < 4.78 is 41.3. The molecule has 1 amide bonds. The minimum absolute atomic E-state index is 0.0366. The van der Waals surface area contributed by atoms with Gasteiger partial charge in [0.25, 0.3) is 0 Å². The number of pyridine rings is 1. The number of rotatable bonds is 4. The summed E-state index contributed by atoms with van der Waals surface area (Å²) in [4.78, 5) is 24.2. The summed E-state index contributed by atoms with van der Waals surface area (Å²) in [6, 6.07) is 5.43. The van der Waals surface area contributed by atoms with Crippen molar-refractivity contribution >= 4 is 16.8 Å². The second-order valence-electron chi connectivity index (χ2n) is 6.84. The molecule has 1 N–H and O–H groups in total. The van der Waals surface area contributed by atoms with E-state index in [9.17, 15) is 22.8 Å². The summed E-state index contributed by atoms with van der Waals surface area (Å²) in [6.07, 6.45) is -0.951. The van der Waals surface area contributed by atoms with Crippen LogP contribution in [-0.4, -0.2) is 17.0 Å². The molecule has 2 aromatic rings. The lowest BCUT2D eigenvalue weighted by Gasteiger charge is -2.19. The Morgan fingerprint density at radius 2 is 1.92 bits per heavy atom. The second-order valence-corrected chi connectivity index (χ2v) is 6.84. The zero-order valence-corrected chi connectivity index (χ0v) is 14.5. The molecule has 1 saturated carbocycles. The number of hydrogen-bond acceptors (Lipinski definition) is 2. The highest BCUT2D eigenvalue weighted by molar-refractivity contribution is 5.80. The van der Waals surface area contributed by atoms with Gasteiger partial charge < -0.3 is 9.88 Å². The molecule has 1 aromatic heterocycles. The van der Waals surface area contributed by atoms with Crippen LogP contribution < -0.4 is 10.7 Å². The van der Waals surface area contributed by atoms with Crippen molar-refractivity contribution in [3.8, 4) is 0 Å². The van der Waals surface area contributed by atoms with Crippen LogP contribution in [0.5, 0.6) is 0 Å².